The van der Waals surface area contributed by atoms with Crippen LogP contribution in [0, 0.1) is 18.3 Å². The Morgan fingerprint density at radius 3 is 2.36 bits per heavy atom. The molecule has 2 amide bonds. The normalized spacial score (nSPS) is 16.4. The first-order valence-corrected chi connectivity index (χ1v) is 12.5. The summed E-state index contributed by atoms with van der Waals surface area (Å²) in [6, 6.07) is 26.9. The lowest BCUT2D eigenvalue weighted by molar-refractivity contribution is -0.117. The molecule has 1 atom stereocenters. The van der Waals surface area contributed by atoms with E-state index in [2.05, 4.69) is 11.4 Å². The van der Waals surface area contributed by atoms with Crippen molar-refractivity contribution < 1.29 is 14.3 Å². The molecule has 0 bridgehead atoms. The van der Waals surface area contributed by atoms with Crippen LogP contribution < -0.4 is 15.0 Å². The second kappa shape index (κ2) is 11.6. The molecule has 0 aromatic heterocycles. The van der Waals surface area contributed by atoms with Gasteiger partial charge in [0.1, 0.15) is 22.4 Å². The first-order chi connectivity index (χ1) is 17.5. The van der Waals surface area contributed by atoms with Gasteiger partial charge < -0.3 is 10.1 Å². The predicted molar refractivity (Wildman–Crippen MR) is 143 cm³/mol. The minimum absolute atomic E-state index is 0.0563. The number of nitrogens with zero attached hydrogens (tertiary/aromatic N) is 2. The zero-order chi connectivity index (χ0) is 25.5. The Balaban J connectivity index is 1.60. The van der Waals surface area contributed by atoms with Crippen molar-refractivity contribution in [2.24, 2.45) is 0 Å². The number of carbonyl (C=O) groups is 2. The average Bonchev–Trinajstić information content (AvgIpc) is 3.21. The Morgan fingerprint density at radius 1 is 1.03 bits per heavy atom. The summed E-state index contributed by atoms with van der Waals surface area (Å²) in [5.41, 5.74) is 3.69. The molecule has 1 N–H and O–H groups in total. The first-order valence-electron chi connectivity index (χ1n) is 11.7. The van der Waals surface area contributed by atoms with Gasteiger partial charge in [-0.1, -0.05) is 71.9 Å². The van der Waals surface area contributed by atoms with Crippen LogP contribution in [0.4, 0.5) is 5.69 Å². The van der Waals surface area contributed by atoms with Crippen molar-refractivity contribution in [3.8, 4) is 11.8 Å². The highest BCUT2D eigenvalue weighted by atomic mass is 32.2. The highest BCUT2D eigenvalue weighted by molar-refractivity contribution is 8.05. The maximum Gasteiger partial charge on any atom is 0.264 e. The summed E-state index contributed by atoms with van der Waals surface area (Å²) in [6.07, 6.45) is 1.11. The summed E-state index contributed by atoms with van der Waals surface area (Å²) in [6.45, 7) is 2.36. The number of hydrogen-bond donors (Lipinski definition) is 1. The van der Waals surface area contributed by atoms with Crippen molar-refractivity contribution >= 4 is 29.3 Å². The van der Waals surface area contributed by atoms with E-state index in [-0.39, 0.29) is 11.5 Å². The van der Waals surface area contributed by atoms with Crippen LogP contribution in [-0.4, -0.2) is 30.7 Å². The lowest BCUT2D eigenvalue weighted by Crippen LogP contribution is -2.32. The summed E-state index contributed by atoms with van der Waals surface area (Å²) in [7, 11) is 1.61. The molecule has 3 aromatic carbocycles. The summed E-state index contributed by atoms with van der Waals surface area (Å²) in [5.74, 6) is 0.107. The summed E-state index contributed by atoms with van der Waals surface area (Å²) in [4.78, 5) is 28.2. The molecule has 1 saturated heterocycles. The van der Waals surface area contributed by atoms with Gasteiger partial charge in [0, 0.05) is 12.2 Å². The van der Waals surface area contributed by atoms with E-state index in [0.717, 1.165) is 22.4 Å². The molecule has 0 saturated carbocycles. The van der Waals surface area contributed by atoms with Gasteiger partial charge in [-0.25, -0.2) is 0 Å². The molecule has 1 aliphatic rings. The molecule has 4 rings (SSSR count). The smallest absolute Gasteiger partial charge is 0.264 e. The van der Waals surface area contributed by atoms with E-state index >= 15 is 0 Å². The third-order valence-electron chi connectivity index (χ3n) is 5.92. The van der Waals surface area contributed by atoms with Crippen LogP contribution in [-0.2, 0) is 22.4 Å². The van der Waals surface area contributed by atoms with Crippen LogP contribution in [0.1, 0.15) is 16.7 Å². The second-order valence-electron chi connectivity index (χ2n) is 8.45. The number of anilines is 1. The van der Waals surface area contributed by atoms with Crippen molar-refractivity contribution in [3.63, 3.8) is 0 Å². The van der Waals surface area contributed by atoms with Crippen molar-refractivity contribution in [1.82, 2.24) is 5.32 Å². The van der Waals surface area contributed by atoms with E-state index in [9.17, 15) is 14.9 Å². The lowest BCUT2D eigenvalue weighted by Gasteiger charge is -2.19. The highest BCUT2D eigenvalue weighted by Gasteiger charge is 2.40. The van der Waals surface area contributed by atoms with Crippen LogP contribution in [0.25, 0.3) is 0 Å². The molecule has 1 aliphatic heterocycles. The van der Waals surface area contributed by atoms with E-state index in [1.807, 2.05) is 85.8 Å². The third kappa shape index (κ3) is 5.78. The molecule has 6 nitrogen and oxygen atoms in total. The van der Waals surface area contributed by atoms with Gasteiger partial charge in [0.25, 0.3) is 5.91 Å². The number of benzene rings is 3. The molecule has 1 unspecified atom stereocenters. The zero-order valence-electron chi connectivity index (χ0n) is 20.2. The zero-order valence-corrected chi connectivity index (χ0v) is 21.0. The van der Waals surface area contributed by atoms with Crippen LogP contribution >= 0.6 is 11.8 Å². The minimum atomic E-state index is -0.481. The van der Waals surface area contributed by atoms with E-state index in [4.69, 9.17) is 4.74 Å². The fourth-order valence-corrected chi connectivity index (χ4v) is 5.25. The molecular weight excluding hydrogens is 470 g/mol. The van der Waals surface area contributed by atoms with Gasteiger partial charge in [-0.05, 0) is 55.2 Å². The highest BCUT2D eigenvalue weighted by Crippen LogP contribution is 2.42. The Labute approximate surface area is 215 Å². The van der Waals surface area contributed by atoms with Gasteiger partial charge in [-0.15, -0.1) is 0 Å². The number of nitrogens with one attached hydrogen (secondary N) is 1. The minimum Gasteiger partial charge on any atom is -0.497 e. The van der Waals surface area contributed by atoms with Crippen LogP contribution in [0.3, 0.4) is 0 Å². The molecule has 0 radical (unpaired) electrons. The van der Waals surface area contributed by atoms with Gasteiger partial charge in [-0.2, -0.15) is 5.26 Å². The summed E-state index contributed by atoms with van der Waals surface area (Å²) >= 11 is 1.26. The van der Waals surface area contributed by atoms with E-state index in [1.54, 1.807) is 7.11 Å². The van der Waals surface area contributed by atoms with E-state index in [0.29, 0.717) is 30.1 Å². The van der Waals surface area contributed by atoms with Crippen molar-refractivity contribution in [1.29, 1.82) is 5.26 Å². The molecule has 0 spiro atoms. The molecule has 0 aliphatic carbocycles. The largest absolute Gasteiger partial charge is 0.497 e. The standard InChI is InChI=1S/C29H27N3O3S/c1-20-8-12-23(13-9-20)32-28(34)26(18-22-10-14-24(35-2)15-11-22)36-29(32)25(19-30)27(33)31-17-16-21-6-4-3-5-7-21/h3-15,26H,16-18H2,1-2H3,(H,31,33)/b29-25+. The number of ether oxygens (including phenoxy) is 1. The Morgan fingerprint density at radius 2 is 1.72 bits per heavy atom. The number of nitriles is 1. The maximum absolute atomic E-state index is 13.6. The van der Waals surface area contributed by atoms with Crippen LogP contribution in [0.2, 0.25) is 0 Å². The van der Waals surface area contributed by atoms with Gasteiger partial charge in [0.2, 0.25) is 5.91 Å². The number of carbonyl (C=O) groups excluding carboxylic acids is 2. The van der Waals surface area contributed by atoms with Crippen LogP contribution in [0.15, 0.2) is 89.5 Å². The summed E-state index contributed by atoms with van der Waals surface area (Å²) in [5, 5.41) is 12.7. The molecule has 1 heterocycles. The molecule has 182 valence electrons. The quantitative estimate of drug-likeness (QED) is 0.358. The predicted octanol–water partition coefficient (Wildman–Crippen LogP) is 4.79. The van der Waals surface area contributed by atoms with E-state index in [1.165, 1.54) is 16.7 Å². The van der Waals surface area contributed by atoms with Gasteiger partial charge in [0.05, 0.1) is 12.4 Å². The van der Waals surface area contributed by atoms with Crippen molar-refractivity contribution in [2.75, 3.05) is 18.6 Å². The number of thioether (sulfide) groups is 1. The molecular formula is C29H27N3O3S. The number of methoxy groups -OCH3 is 1. The monoisotopic (exact) mass is 497 g/mol. The summed E-state index contributed by atoms with van der Waals surface area (Å²) < 4.78 is 5.23. The fraction of sp³-hybridized carbons (Fsp3) is 0.207. The SMILES string of the molecule is COc1ccc(CC2S/C(=C(\C#N)C(=O)NCCc3ccccc3)N(c3ccc(C)cc3)C2=O)cc1. The lowest BCUT2D eigenvalue weighted by atomic mass is 10.1. The van der Waals surface area contributed by atoms with Gasteiger partial charge in [0.15, 0.2) is 0 Å². The number of amides is 2. The topological polar surface area (TPSA) is 82.4 Å². The van der Waals surface area contributed by atoms with Crippen molar-refractivity contribution in [3.05, 3.63) is 106 Å². The van der Waals surface area contributed by atoms with E-state index < -0.39 is 11.2 Å². The Hall–Kier alpha value is -4.02. The maximum atomic E-state index is 13.6. The van der Waals surface area contributed by atoms with Gasteiger partial charge in [-0.3, -0.25) is 14.5 Å². The van der Waals surface area contributed by atoms with Gasteiger partial charge >= 0.3 is 0 Å². The number of rotatable bonds is 8. The number of aryl methyl sites for hydroxylation is 1. The van der Waals surface area contributed by atoms with Crippen LogP contribution in [0.5, 0.6) is 5.75 Å². The number of hydrogen-bond acceptors (Lipinski definition) is 5. The molecule has 36 heavy (non-hydrogen) atoms. The average molecular weight is 498 g/mol. The Kier molecular flexibility index (Phi) is 8.09. The fourth-order valence-electron chi connectivity index (χ4n) is 3.94. The van der Waals surface area contributed by atoms with Crippen molar-refractivity contribution in [2.45, 2.75) is 25.0 Å². The molecule has 3 aromatic rings. The molecule has 7 heteroatoms. The Bertz CT molecular complexity index is 1300. The second-order valence-corrected chi connectivity index (χ2v) is 9.64. The first kappa shape index (κ1) is 25.1. The third-order valence-corrected chi connectivity index (χ3v) is 7.18. The molecule has 1 fully saturated rings.